The van der Waals surface area contributed by atoms with Gasteiger partial charge in [0.25, 0.3) is 0 Å². The average Bonchev–Trinajstić information content (AvgIpc) is 3.05. The zero-order valence-electron chi connectivity index (χ0n) is 12.2. The molecular weight excluding hydrogens is 292 g/mol. The fourth-order valence-electron chi connectivity index (χ4n) is 1.95. The number of benzene rings is 2. The third kappa shape index (κ3) is 4.08. The standard InChI is InChI=1S/C17H14N4O2/c22-17(23-12-14-5-2-1-3-6-14)18-10-4-7-13-8-9-15-16(11-13)20-21-19-15/h1-3,5-6,8-9,11H,10,12H2,(H,18,22)(H,19,20,21). The summed E-state index contributed by atoms with van der Waals surface area (Å²) in [6.45, 7) is 0.452. The number of carbonyl (C=O) groups excluding carboxylic acids is 1. The first-order chi connectivity index (χ1) is 11.3. The summed E-state index contributed by atoms with van der Waals surface area (Å²) in [4.78, 5) is 11.5. The molecule has 1 amide bonds. The van der Waals surface area contributed by atoms with Gasteiger partial charge in [-0.3, -0.25) is 0 Å². The van der Waals surface area contributed by atoms with E-state index in [1.807, 2.05) is 48.5 Å². The number of nitrogens with one attached hydrogen (secondary N) is 2. The molecule has 0 bridgehead atoms. The number of H-pyrrole nitrogens is 1. The van der Waals surface area contributed by atoms with Crippen LogP contribution in [0, 0.1) is 11.8 Å². The lowest BCUT2D eigenvalue weighted by molar-refractivity contribution is 0.141. The largest absolute Gasteiger partial charge is 0.445 e. The number of rotatable bonds is 3. The highest BCUT2D eigenvalue weighted by atomic mass is 16.5. The minimum atomic E-state index is -0.491. The molecule has 23 heavy (non-hydrogen) atoms. The van der Waals surface area contributed by atoms with E-state index in [0.29, 0.717) is 0 Å². The molecule has 3 rings (SSSR count). The van der Waals surface area contributed by atoms with E-state index in [-0.39, 0.29) is 13.2 Å². The summed E-state index contributed by atoms with van der Waals surface area (Å²) in [6, 6.07) is 15.0. The number of nitrogens with zero attached hydrogens (tertiary/aromatic N) is 2. The van der Waals surface area contributed by atoms with Crippen LogP contribution in [0.1, 0.15) is 11.1 Å². The summed E-state index contributed by atoms with van der Waals surface area (Å²) in [5.41, 5.74) is 3.30. The molecule has 1 aromatic heterocycles. The molecule has 6 heteroatoms. The zero-order valence-corrected chi connectivity index (χ0v) is 12.2. The topological polar surface area (TPSA) is 79.9 Å². The summed E-state index contributed by atoms with van der Waals surface area (Å²) in [5.74, 6) is 5.82. The summed E-state index contributed by atoms with van der Waals surface area (Å²) in [6.07, 6.45) is -0.491. The van der Waals surface area contributed by atoms with E-state index in [0.717, 1.165) is 22.2 Å². The van der Waals surface area contributed by atoms with Gasteiger partial charge in [-0.05, 0) is 23.8 Å². The second-order valence-electron chi connectivity index (χ2n) is 4.74. The molecule has 114 valence electrons. The molecule has 0 saturated carbocycles. The van der Waals surface area contributed by atoms with Crippen molar-refractivity contribution >= 4 is 17.1 Å². The van der Waals surface area contributed by atoms with Crippen molar-refractivity contribution in [3.63, 3.8) is 0 Å². The third-order valence-corrected chi connectivity index (χ3v) is 3.08. The lowest BCUT2D eigenvalue weighted by atomic mass is 10.2. The highest BCUT2D eigenvalue weighted by Gasteiger charge is 2.00. The van der Waals surface area contributed by atoms with Gasteiger partial charge in [0.15, 0.2) is 0 Å². The minimum Gasteiger partial charge on any atom is -0.445 e. The van der Waals surface area contributed by atoms with Crippen LogP contribution in [0.15, 0.2) is 48.5 Å². The number of ether oxygens (including phenoxy) is 1. The molecule has 0 aliphatic heterocycles. The smallest absolute Gasteiger partial charge is 0.408 e. The van der Waals surface area contributed by atoms with Crippen molar-refractivity contribution in [2.24, 2.45) is 0 Å². The first-order valence-electron chi connectivity index (χ1n) is 7.05. The summed E-state index contributed by atoms with van der Waals surface area (Å²) >= 11 is 0. The van der Waals surface area contributed by atoms with E-state index in [1.165, 1.54) is 0 Å². The molecule has 0 unspecified atom stereocenters. The van der Waals surface area contributed by atoms with E-state index in [2.05, 4.69) is 32.6 Å². The summed E-state index contributed by atoms with van der Waals surface area (Å²) in [5, 5.41) is 13.1. The number of hydrogen-bond donors (Lipinski definition) is 2. The molecule has 2 aromatic carbocycles. The SMILES string of the molecule is O=C(NCC#Cc1ccc2n[nH]nc2c1)OCc1ccccc1. The number of carbonyl (C=O) groups is 1. The molecule has 3 aromatic rings. The monoisotopic (exact) mass is 306 g/mol. The van der Waals surface area contributed by atoms with Crippen LogP contribution in [0.3, 0.4) is 0 Å². The Balaban J connectivity index is 1.46. The van der Waals surface area contributed by atoms with Crippen LogP contribution in [0.5, 0.6) is 0 Å². The number of aromatic nitrogens is 3. The maximum atomic E-state index is 11.5. The maximum absolute atomic E-state index is 11.5. The summed E-state index contributed by atoms with van der Waals surface area (Å²) in [7, 11) is 0. The van der Waals surface area contributed by atoms with Crippen molar-refractivity contribution in [1.29, 1.82) is 0 Å². The Morgan fingerprint density at radius 1 is 1.13 bits per heavy atom. The molecule has 0 atom stereocenters. The Morgan fingerprint density at radius 3 is 2.83 bits per heavy atom. The second-order valence-corrected chi connectivity index (χ2v) is 4.74. The van der Waals surface area contributed by atoms with Gasteiger partial charge < -0.3 is 10.1 Å². The molecule has 6 nitrogen and oxygen atoms in total. The molecule has 0 aliphatic rings. The van der Waals surface area contributed by atoms with Gasteiger partial charge in [0.05, 0.1) is 6.54 Å². The molecular formula is C17H14N4O2. The third-order valence-electron chi connectivity index (χ3n) is 3.08. The highest BCUT2D eigenvalue weighted by molar-refractivity contribution is 5.75. The van der Waals surface area contributed by atoms with Gasteiger partial charge in [-0.15, -0.1) is 0 Å². The Kier molecular flexibility index (Phi) is 4.50. The molecule has 2 N–H and O–H groups in total. The van der Waals surface area contributed by atoms with Crippen LogP contribution in [0.4, 0.5) is 4.79 Å². The average molecular weight is 306 g/mol. The van der Waals surface area contributed by atoms with Crippen LogP contribution in [0.25, 0.3) is 11.0 Å². The predicted octanol–water partition coefficient (Wildman–Crippen LogP) is 2.24. The van der Waals surface area contributed by atoms with Gasteiger partial charge >= 0.3 is 6.09 Å². The van der Waals surface area contributed by atoms with E-state index in [9.17, 15) is 4.79 Å². The van der Waals surface area contributed by atoms with Crippen molar-refractivity contribution in [2.75, 3.05) is 6.54 Å². The molecule has 0 radical (unpaired) electrons. The second kappa shape index (κ2) is 7.09. The molecule has 0 saturated heterocycles. The van der Waals surface area contributed by atoms with Crippen LogP contribution in [-0.2, 0) is 11.3 Å². The van der Waals surface area contributed by atoms with Crippen LogP contribution >= 0.6 is 0 Å². The van der Waals surface area contributed by atoms with Crippen molar-refractivity contribution < 1.29 is 9.53 Å². The molecule has 0 fully saturated rings. The highest BCUT2D eigenvalue weighted by Crippen LogP contribution is 2.09. The van der Waals surface area contributed by atoms with E-state index in [1.54, 1.807) is 0 Å². The van der Waals surface area contributed by atoms with Gasteiger partial charge in [0.2, 0.25) is 0 Å². The van der Waals surface area contributed by atoms with Gasteiger partial charge in [-0.2, -0.15) is 15.4 Å². The molecule has 1 heterocycles. The van der Waals surface area contributed by atoms with Gasteiger partial charge in [-0.25, -0.2) is 4.79 Å². The lowest BCUT2D eigenvalue weighted by Crippen LogP contribution is -2.24. The molecule has 0 aliphatic carbocycles. The Bertz CT molecular complexity index is 862. The first kappa shape index (κ1) is 14.6. The number of fused-ring (bicyclic) bond motifs is 1. The van der Waals surface area contributed by atoms with Crippen molar-refractivity contribution in [3.8, 4) is 11.8 Å². The number of amides is 1. The number of aromatic amines is 1. The zero-order chi connectivity index (χ0) is 15.9. The fraction of sp³-hybridized carbons (Fsp3) is 0.118. The lowest BCUT2D eigenvalue weighted by Gasteiger charge is -2.04. The van der Waals surface area contributed by atoms with E-state index < -0.39 is 6.09 Å². The van der Waals surface area contributed by atoms with Crippen molar-refractivity contribution in [2.45, 2.75) is 6.61 Å². The van der Waals surface area contributed by atoms with Crippen molar-refractivity contribution in [1.82, 2.24) is 20.7 Å². The van der Waals surface area contributed by atoms with Gasteiger partial charge in [0, 0.05) is 5.56 Å². The maximum Gasteiger partial charge on any atom is 0.408 e. The van der Waals surface area contributed by atoms with Crippen molar-refractivity contribution in [3.05, 3.63) is 59.7 Å². The van der Waals surface area contributed by atoms with Gasteiger partial charge in [0.1, 0.15) is 17.6 Å². The van der Waals surface area contributed by atoms with E-state index >= 15 is 0 Å². The van der Waals surface area contributed by atoms with Gasteiger partial charge in [-0.1, -0.05) is 42.2 Å². The normalized spacial score (nSPS) is 9.91. The first-order valence-corrected chi connectivity index (χ1v) is 7.05. The number of hydrogen-bond acceptors (Lipinski definition) is 4. The predicted molar refractivity (Wildman–Crippen MR) is 85.4 cm³/mol. The van der Waals surface area contributed by atoms with Crippen LogP contribution < -0.4 is 5.32 Å². The summed E-state index contributed by atoms with van der Waals surface area (Å²) < 4.78 is 5.09. The van der Waals surface area contributed by atoms with Crippen LogP contribution in [-0.4, -0.2) is 28.0 Å². The Morgan fingerprint density at radius 2 is 1.96 bits per heavy atom. The number of alkyl carbamates (subject to hydrolysis) is 1. The minimum absolute atomic E-state index is 0.213. The quantitative estimate of drug-likeness (QED) is 0.727. The van der Waals surface area contributed by atoms with E-state index in [4.69, 9.17) is 4.74 Å². The molecule has 0 spiro atoms. The van der Waals surface area contributed by atoms with Crippen LogP contribution in [0.2, 0.25) is 0 Å². The Labute approximate surface area is 132 Å². The fourth-order valence-corrected chi connectivity index (χ4v) is 1.95. The Hall–Kier alpha value is -3.33.